The lowest BCUT2D eigenvalue weighted by atomic mass is 10.0. The monoisotopic (exact) mass is 185 g/mol. The van der Waals surface area contributed by atoms with Gasteiger partial charge in [-0.15, -0.1) is 0 Å². The molecule has 1 atom stereocenters. The number of nitrogens with zero attached hydrogens (tertiary/aromatic N) is 1. The van der Waals surface area contributed by atoms with E-state index in [-0.39, 0.29) is 11.4 Å². The van der Waals surface area contributed by atoms with Crippen molar-refractivity contribution in [3.63, 3.8) is 0 Å². The number of carboxylic acids is 1. The molecule has 1 fully saturated rings. The lowest BCUT2D eigenvalue weighted by Gasteiger charge is -2.34. The number of aliphatic carboxylic acids is 1. The van der Waals surface area contributed by atoms with E-state index in [1.807, 2.05) is 13.8 Å². The number of carbonyl (C=O) groups excluding carboxylic acids is 1. The number of carboxylic acid groups (broad SMARTS) is 1. The molecule has 1 aliphatic rings. The van der Waals surface area contributed by atoms with Crippen LogP contribution in [0.2, 0.25) is 0 Å². The molecule has 1 unspecified atom stereocenters. The summed E-state index contributed by atoms with van der Waals surface area (Å²) in [6.45, 7) is 5.35. The Morgan fingerprint density at radius 1 is 1.62 bits per heavy atom. The molecule has 1 aliphatic heterocycles. The van der Waals surface area contributed by atoms with E-state index in [0.717, 1.165) is 6.42 Å². The molecule has 74 valence electrons. The molecule has 0 aliphatic carbocycles. The molecule has 0 radical (unpaired) electrons. The van der Waals surface area contributed by atoms with Gasteiger partial charge < -0.3 is 10.0 Å². The van der Waals surface area contributed by atoms with Gasteiger partial charge in [-0.3, -0.25) is 4.79 Å². The van der Waals surface area contributed by atoms with Crippen molar-refractivity contribution in [2.24, 2.45) is 0 Å². The van der Waals surface area contributed by atoms with Gasteiger partial charge in [0.2, 0.25) is 5.91 Å². The van der Waals surface area contributed by atoms with Crippen LogP contribution < -0.4 is 0 Å². The standard InChI is InChI=1S/C9H15NO3/c1-6(8(12)13)10-7(11)4-5-9(10,2)3/h6H,4-5H2,1-3H3,(H,12,13). The molecule has 0 aromatic rings. The largest absolute Gasteiger partial charge is 0.480 e. The SMILES string of the molecule is CC(C(=O)O)N1C(=O)CCC1(C)C. The highest BCUT2D eigenvalue weighted by atomic mass is 16.4. The predicted octanol–water partition coefficient (Wildman–Crippen LogP) is 0.861. The third kappa shape index (κ3) is 1.66. The van der Waals surface area contributed by atoms with Crippen LogP contribution >= 0.6 is 0 Å². The first kappa shape index (κ1) is 10.0. The lowest BCUT2D eigenvalue weighted by molar-refractivity contribution is -0.150. The topological polar surface area (TPSA) is 57.6 Å². The third-order valence-corrected chi connectivity index (χ3v) is 2.62. The summed E-state index contributed by atoms with van der Waals surface area (Å²) < 4.78 is 0. The van der Waals surface area contributed by atoms with Gasteiger partial charge in [0.05, 0.1) is 0 Å². The summed E-state index contributed by atoms with van der Waals surface area (Å²) in [6.07, 6.45) is 1.20. The zero-order valence-corrected chi connectivity index (χ0v) is 8.20. The first-order valence-corrected chi connectivity index (χ1v) is 4.41. The summed E-state index contributed by atoms with van der Waals surface area (Å²) in [6, 6.07) is -0.718. The van der Waals surface area contributed by atoms with Gasteiger partial charge in [-0.1, -0.05) is 0 Å². The van der Waals surface area contributed by atoms with E-state index in [1.165, 1.54) is 4.90 Å². The molecule has 1 saturated heterocycles. The van der Waals surface area contributed by atoms with Gasteiger partial charge >= 0.3 is 5.97 Å². The van der Waals surface area contributed by atoms with Crippen molar-refractivity contribution < 1.29 is 14.7 Å². The quantitative estimate of drug-likeness (QED) is 0.694. The molecule has 4 nitrogen and oxygen atoms in total. The van der Waals surface area contributed by atoms with Crippen LogP contribution in [0, 0.1) is 0 Å². The molecular weight excluding hydrogens is 170 g/mol. The van der Waals surface area contributed by atoms with Crippen LogP contribution in [0.25, 0.3) is 0 Å². The second kappa shape index (κ2) is 3.01. The van der Waals surface area contributed by atoms with Crippen LogP contribution in [-0.4, -0.2) is 33.5 Å². The Balaban J connectivity index is 2.88. The molecule has 13 heavy (non-hydrogen) atoms. The Labute approximate surface area is 77.5 Å². The Morgan fingerprint density at radius 2 is 2.15 bits per heavy atom. The average molecular weight is 185 g/mol. The molecule has 1 rings (SSSR count). The van der Waals surface area contributed by atoms with E-state index < -0.39 is 12.0 Å². The highest BCUT2D eigenvalue weighted by Crippen LogP contribution is 2.31. The molecule has 0 spiro atoms. The maximum atomic E-state index is 11.4. The van der Waals surface area contributed by atoms with Crippen LogP contribution in [0.1, 0.15) is 33.6 Å². The zero-order chi connectivity index (χ0) is 10.2. The Bertz CT molecular complexity index is 247. The third-order valence-electron chi connectivity index (χ3n) is 2.62. The predicted molar refractivity (Wildman–Crippen MR) is 47.3 cm³/mol. The van der Waals surface area contributed by atoms with Gasteiger partial charge in [-0.05, 0) is 27.2 Å². The van der Waals surface area contributed by atoms with E-state index in [9.17, 15) is 9.59 Å². The second-order valence-electron chi connectivity index (χ2n) is 4.09. The first-order valence-electron chi connectivity index (χ1n) is 4.41. The van der Waals surface area contributed by atoms with E-state index in [4.69, 9.17) is 5.11 Å². The maximum Gasteiger partial charge on any atom is 0.326 e. The Kier molecular flexibility index (Phi) is 2.32. The fraction of sp³-hybridized carbons (Fsp3) is 0.778. The lowest BCUT2D eigenvalue weighted by Crippen LogP contribution is -2.49. The van der Waals surface area contributed by atoms with Crippen LogP contribution in [-0.2, 0) is 9.59 Å². The fourth-order valence-electron chi connectivity index (χ4n) is 1.84. The number of carbonyl (C=O) groups is 2. The summed E-state index contributed by atoms with van der Waals surface area (Å²) in [5.41, 5.74) is -0.311. The van der Waals surface area contributed by atoms with Crippen LogP contribution in [0.5, 0.6) is 0 Å². The number of likely N-dealkylation sites (tertiary alicyclic amines) is 1. The molecule has 1 heterocycles. The summed E-state index contributed by atoms with van der Waals surface area (Å²) in [5, 5.41) is 8.80. The maximum absolute atomic E-state index is 11.4. The van der Waals surface area contributed by atoms with Crippen molar-refractivity contribution in [1.29, 1.82) is 0 Å². The minimum Gasteiger partial charge on any atom is -0.480 e. The highest BCUT2D eigenvalue weighted by molar-refractivity contribution is 5.85. The summed E-state index contributed by atoms with van der Waals surface area (Å²) in [7, 11) is 0. The van der Waals surface area contributed by atoms with E-state index in [2.05, 4.69) is 0 Å². The normalized spacial score (nSPS) is 23.3. The van der Waals surface area contributed by atoms with Gasteiger partial charge in [0.15, 0.2) is 0 Å². The van der Waals surface area contributed by atoms with Gasteiger partial charge in [0.1, 0.15) is 6.04 Å². The minimum absolute atomic E-state index is 0.0556. The molecule has 0 saturated carbocycles. The fourth-order valence-corrected chi connectivity index (χ4v) is 1.84. The van der Waals surface area contributed by atoms with Crippen molar-refractivity contribution in [3.05, 3.63) is 0 Å². The highest BCUT2D eigenvalue weighted by Gasteiger charge is 2.42. The molecular formula is C9H15NO3. The van der Waals surface area contributed by atoms with Gasteiger partial charge in [-0.2, -0.15) is 0 Å². The number of hydrogen-bond acceptors (Lipinski definition) is 2. The van der Waals surface area contributed by atoms with E-state index >= 15 is 0 Å². The second-order valence-corrected chi connectivity index (χ2v) is 4.09. The molecule has 0 aromatic carbocycles. The van der Waals surface area contributed by atoms with Crippen LogP contribution in [0.3, 0.4) is 0 Å². The number of rotatable bonds is 2. The Morgan fingerprint density at radius 3 is 2.46 bits per heavy atom. The number of hydrogen-bond donors (Lipinski definition) is 1. The van der Waals surface area contributed by atoms with Crippen molar-refractivity contribution >= 4 is 11.9 Å². The molecule has 0 aromatic heterocycles. The molecule has 1 N–H and O–H groups in total. The van der Waals surface area contributed by atoms with Gasteiger partial charge in [0, 0.05) is 12.0 Å². The Hall–Kier alpha value is -1.06. The molecule has 0 bridgehead atoms. The van der Waals surface area contributed by atoms with Crippen molar-refractivity contribution in [2.75, 3.05) is 0 Å². The van der Waals surface area contributed by atoms with E-state index in [1.54, 1.807) is 6.92 Å². The summed E-state index contributed by atoms with van der Waals surface area (Å²) >= 11 is 0. The smallest absolute Gasteiger partial charge is 0.326 e. The van der Waals surface area contributed by atoms with Crippen molar-refractivity contribution in [1.82, 2.24) is 4.90 Å². The van der Waals surface area contributed by atoms with Crippen LogP contribution in [0.4, 0.5) is 0 Å². The number of amides is 1. The molecule has 1 amide bonds. The summed E-state index contributed by atoms with van der Waals surface area (Å²) in [5.74, 6) is -0.997. The first-order chi connectivity index (χ1) is 5.86. The zero-order valence-electron chi connectivity index (χ0n) is 8.20. The van der Waals surface area contributed by atoms with Crippen molar-refractivity contribution in [2.45, 2.75) is 45.2 Å². The van der Waals surface area contributed by atoms with Crippen molar-refractivity contribution in [3.8, 4) is 0 Å². The molecule has 4 heteroatoms. The van der Waals surface area contributed by atoms with E-state index in [0.29, 0.717) is 6.42 Å². The van der Waals surface area contributed by atoms with Gasteiger partial charge in [0.25, 0.3) is 0 Å². The minimum atomic E-state index is -0.941. The van der Waals surface area contributed by atoms with Gasteiger partial charge in [-0.25, -0.2) is 4.79 Å². The average Bonchev–Trinajstić information content (AvgIpc) is 2.25. The summed E-state index contributed by atoms with van der Waals surface area (Å²) in [4.78, 5) is 23.6. The van der Waals surface area contributed by atoms with Crippen LogP contribution in [0.15, 0.2) is 0 Å².